The predicted molar refractivity (Wildman–Crippen MR) is 126 cm³/mol. The monoisotopic (exact) mass is 434 g/mol. The number of hydrogen-bond acceptors (Lipinski definition) is 3. The Morgan fingerprint density at radius 2 is 1.75 bits per heavy atom. The van der Waals surface area contributed by atoms with Gasteiger partial charge in [-0.1, -0.05) is 30.3 Å². The van der Waals surface area contributed by atoms with Crippen molar-refractivity contribution in [2.24, 2.45) is 0 Å². The molecule has 1 saturated carbocycles. The summed E-state index contributed by atoms with van der Waals surface area (Å²) in [7, 11) is 0. The first kappa shape index (κ1) is 22.4. The van der Waals surface area contributed by atoms with Crippen molar-refractivity contribution < 1.29 is 14.3 Å². The van der Waals surface area contributed by atoms with Gasteiger partial charge in [0.15, 0.2) is 0 Å². The minimum atomic E-state index is -0.0208. The Labute approximate surface area is 191 Å². The van der Waals surface area contributed by atoms with Crippen LogP contribution in [0.5, 0.6) is 5.75 Å². The number of hydrogen-bond donors (Lipinski definition) is 1. The molecule has 2 amide bonds. The minimum Gasteiger partial charge on any atom is -0.490 e. The molecule has 4 rings (SSSR count). The lowest BCUT2D eigenvalue weighted by Crippen LogP contribution is -2.46. The van der Waals surface area contributed by atoms with Gasteiger partial charge in [0.2, 0.25) is 5.91 Å². The highest BCUT2D eigenvalue weighted by Crippen LogP contribution is 2.25. The van der Waals surface area contributed by atoms with Gasteiger partial charge in [-0.05, 0) is 81.2 Å². The molecule has 1 heterocycles. The zero-order valence-electron chi connectivity index (χ0n) is 19.0. The van der Waals surface area contributed by atoms with Crippen LogP contribution in [0.1, 0.15) is 66.4 Å². The van der Waals surface area contributed by atoms with E-state index >= 15 is 0 Å². The standard InChI is InChI=1S/C27H34N2O3/c1-20-7-2-5-12-25(20)27(31)28-22-15-17-29(18-16-22)26(30)14-13-21-8-6-11-24(19-21)32-23-9-3-4-10-23/h2,5-8,11-12,19,22-23H,3-4,9-10,13-18H2,1H3,(H,28,31). The third kappa shape index (κ3) is 5.90. The highest BCUT2D eigenvalue weighted by molar-refractivity contribution is 5.95. The maximum atomic E-state index is 12.7. The van der Waals surface area contributed by atoms with Crippen molar-refractivity contribution >= 4 is 11.8 Å². The summed E-state index contributed by atoms with van der Waals surface area (Å²) in [5, 5.41) is 3.14. The molecule has 0 spiro atoms. The summed E-state index contributed by atoms with van der Waals surface area (Å²) in [4.78, 5) is 27.2. The van der Waals surface area contributed by atoms with Crippen LogP contribution >= 0.6 is 0 Å². The van der Waals surface area contributed by atoms with Crippen LogP contribution in [-0.4, -0.2) is 41.9 Å². The molecule has 1 aliphatic carbocycles. The molecular formula is C27H34N2O3. The first-order valence-electron chi connectivity index (χ1n) is 12.0. The number of ether oxygens (including phenoxy) is 1. The SMILES string of the molecule is Cc1ccccc1C(=O)NC1CCN(C(=O)CCc2cccc(OC3CCCC3)c2)CC1. The van der Waals surface area contributed by atoms with Gasteiger partial charge < -0.3 is 15.0 Å². The number of amides is 2. The first-order chi connectivity index (χ1) is 15.6. The summed E-state index contributed by atoms with van der Waals surface area (Å²) in [5.74, 6) is 1.09. The predicted octanol–water partition coefficient (Wildman–Crippen LogP) is 4.67. The summed E-state index contributed by atoms with van der Waals surface area (Å²) >= 11 is 0. The molecule has 0 atom stereocenters. The van der Waals surface area contributed by atoms with E-state index in [9.17, 15) is 9.59 Å². The van der Waals surface area contributed by atoms with Crippen LogP contribution in [0, 0.1) is 6.92 Å². The van der Waals surface area contributed by atoms with Crippen LogP contribution in [0.15, 0.2) is 48.5 Å². The molecule has 2 aromatic rings. The van der Waals surface area contributed by atoms with Crippen molar-refractivity contribution in [2.45, 2.75) is 70.4 Å². The Kier molecular flexibility index (Phi) is 7.46. The van der Waals surface area contributed by atoms with E-state index < -0.39 is 0 Å². The summed E-state index contributed by atoms with van der Waals surface area (Å²) in [6.45, 7) is 3.34. The van der Waals surface area contributed by atoms with Crippen LogP contribution in [0.3, 0.4) is 0 Å². The molecule has 2 fully saturated rings. The van der Waals surface area contributed by atoms with Crippen molar-refractivity contribution in [1.29, 1.82) is 0 Å². The number of carbonyl (C=O) groups is 2. The van der Waals surface area contributed by atoms with E-state index in [1.165, 1.54) is 12.8 Å². The van der Waals surface area contributed by atoms with E-state index in [1.807, 2.05) is 48.2 Å². The maximum absolute atomic E-state index is 12.7. The highest BCUT2D eigenvalue weighted by Gasteiger charge is 2.24. The van der Waals surface area contributed by atoms with Gasteiger partial charge in [-0.2, -0.15) is 0 Å². The summed E-state index contributed by atoms with van der Waals surface area (Å²) in [6, 6.07) is 15.9. The smallest absolute Gasteiger partial charge is 0.251 e. The molecule has 2 aliphatic rings. The second-order valence-electron chi connectivity index (χ2n) is 9.12. The second-order valence-corrected chi connectivity index (χ2v) is 9.12. The minimum absolute atomic E-state index is 0.0208. The lowest BCUT2D eigenvalue weighted by Gasteiger charge is -2.32. The van der Waals surface area contributed by atoms with Crippen LogP contribution in [-0.2, 0) is 11.2 Å². The van der Waals surface area contributed by atoms with Gasteiger partial charge in [0.25, 0.3) is 5.91 Å². The molecule has 1 N–H and O–H groups in total. The van der Waals surface area contributed by atoms with Crippen molar-refractivity contribution in [1.82, 2.24) is 10.2 Å². The Hall–Kier alpha value is -2.82. The Morgan fingerprint density at radius 3 is 2.50 bits per heavy atom. The number of nitrogens with zero attached hydrogens (tertiary/aromatic N) is 1. The molecular weight excluding hydrogens is 400 g/mol. The van der Waals surface area contributed by atoms with E-state index in [1.54, 1.807) is 0 Å². The van der Waals surface area contributed by atoms with Gasteiger partial charge in [-0.3, -0.25) is 9.59 Å². The van der Waals surface area contributed by atoms with Crippen molar-refractivity contribution in [3.63, 3.8) is 0 Å². The third-order valence-electron chi connectivity index (χ3n) is 6.70. The maximum Gasteiger partial charge on any atom is 0.251 e. The zero-order chi connectivity index (χ0) is 22.3. The van der Waals surface area contributed by atoms with Crippen molar-refractivity contribution in [3.8, 4) is 5.75 Å². The first-order valence-corrected chi connectivity index (χ1v) is 12.0. The van der Waals surface area contributed by atoms with Gasteiger partial charge in [0.1, 0.15) is 5.75 Å². The van der Waals surface area contributed by atoms with Crippen molar-refractivity contribution in [2.75, 3.05) is 13.1 Å². The lowest BCUT2D eigenvalue weighted by molar-refractivity contribution is -0.132. The fourth-order valence-corrected chi connectivity index (χ4v) is 4.75. The Balaban J connectivity index is 1.21. The fraction of sp³-hybridized carbons (Fsp3) is 0.481. The van der Waals surface area contributed by atoms with Gasteiger partial charge in [-0.15, -0.1) is 0 Å². The zero-order valence-corrected chi connectivity index (χ0v) is 19.0. The van der Waals surface area contributed by atoms with Crippen LogP contribution in [0.25, 0.3) is 0 Å². The molecule has 0 bridgehead atoms. The second kappa shape index (κ2) is 10.7. The normalized spacial score (nSPS) is 17.3. The fourth-order valence-electron chi connectivity index (χ4n) is 4.75. The number of carbonyl (C=O) groups excluding carboxylic acids is 2. The highest BCUT2D eigenvalue weighted by atomic mass is 16.5. The number of likely N-dealkylation sites (tertiary alicyclic amines) is 1. The topological polar surface area (TPSA) is 58.6 Å². The molecule has 5 nitrogen and oxygen atoms in total. The molecule has 2 aromatic carbocycles. The van der Waals surface area contributed by atoms with Crippen LogP contribution in [0.2, 0.25) is 0 Å². The molecule has 0 unspecified atom stereocenters. The summed E-state index contributed by atoms with van der Waals surface area (Å²) in [6.07, 6.45) is 7.98. The van der Waals surface area contributed by atoms with E-state index in [2.05, 4.69) is 17.4 Å². The molecule has 1 saturated heterocycles. The number of rotatable bonds is 7. The quantitative estimate of drug-likeness (QED) is 0.689. The average molecular weight is 435 g/mol. The lowest BCUT2D eigenvalue weighted by atomic mass is 10.0. The third-order valence-corrected chi connectivity index (χ3v) is 6.70. The molecule has 1 aliphatic heterocycles. The van der Waals surface area contributed by atoms with Gasteiger partial charge in [0, 0.05) is 31.1 Å². The Bertz CT molecular complexity index is 928. The van der Waals surface area contributed by atoms with E-state index in [-0.39, 0.29) is 17.9 Å². The van der Waals surface area contributed by atoms with Gasteiger partial charge in [0.05, 0.1) is 6.10 Å². The van der Waals surface area contributed by atoms with E-state index in [0.717, 1.165) is 54.5 Å². The summed E-state index contributed by atoms with van der Waals surface area (Å²) < 4.78 is 6.09. The van der Waals surface area contributed by atoms with E-state index in [4.69, 9.17) is 4.74 Å². The van der Waals surface area contributed by atoms with Gasteiger partial charge in [-0.25, -0.2) is 0 Å². The molecule has 5 heteroatoms. The largest absolute Gasteiger partial charge is 0.490 e. The number of aryl methyl sites for hydroxylation is 2. The average Bonchev–Trinajstić information content (AvgIpc) is 3.31. The molecule has 170 valence electrons. The van der Waals surface area contributed by atoms with Crippen LogP contribution in [0.4, 0.5) is 0 Å². The molecule has 32 heavy (non-hydrogen) atoms. The Morgan fingerprint density at radius 1 is 1.00 bits per heavy atom. The van der Waals surface area contributed by atoms with E-state index in [0.29, 0.717) is 25.6 Å². The van der Waals surface area contributed by atoms with Gasteiger partial charge >= 0.3 is 0 Å². The molecule has 0 radical (unpaired) electrons. The summed E-state index contributed by atoms with van der Waals surface area (Å²) in [5.41, 5.74) is 2.86. The number of piperidine rings is 1. The molecule has 0 aromatic heterocycles. The van der Waals surface area contributed by atoms with Crippen molar-refractivity contribution in [3.05, 3.63) is 65.2 Å². The number of nitrogens with one attached hydrogen (secondary N) is 1. The van der Waals surface area contributed by atoms with Crippen LogP contribution < -0.4 is 10.1 Å². The number of benzene rings is 2.